The van der Waals surface area contributed by atoms with Crippen LogP contribution in [0, 0.1) is 0 Å². The number of aromatic nitrogens is 3. The molecule has 0 bridgehead atoms. The summed E-state index contributed by atoms with van der Waals surface area (Å²) in [5, 5.41) is 7.60. The minimum absolute atomic E-state index is 0.594. The second-order valence-corrected chi connectivity index (χ2v) is 3.39. The predicted octanol–water partition coefficient (Wildman–Crippen LogP) is 1.58. The highest BCUT2D eigenvalue weighted by Gasteiger charge is 2.05. The van der Waals surface area contributed by atoms with Gasteiger partial charge in [0.25, 0.3) is 0 Å². The van der Waals surface area contributed by atoms with Crippen LogP contribution in [0.5, 0.6) is 0 Å². The van der Waals surface area contributed by atoms with Crippen molar-refractivity contribution in [2.45, 2.75) is 52.7 Å². The van der Waals surface area contributed by atoms with Gasteiger partial charge in [-0.1, -0.05) is 13.8 Å². The van der Waals surface area contributed by atoms with Gasteiger partial charge in [0.2, 0.25) is 0 Å². The van der Waals surface area contributed by atoms with E-state index in [0.29, 0.717) is 6.04 Å². The van der Waals surface area contributed by atoms with Gasteiger partial charge in [-0.3, -0.25) is 0 Å². The lowest BCUT2D eigenvalue weighted by molar-refractivity contribution is 0.462. The van der Waals surface area contributed by atoms with Crippen molar-refractivity contribution in [2.75, 3.05) is 0 Å². The predicted molar refractivity (Wildman–Crippen MR) is 56.9 cm³/mol. The highest BCUT2D eigenvalue weighted by atomic mass is 15.3. The fourth-order valence-corrected chi connectivity index (χ4v) is 1.50. The van der Waals surface area contributed by atoms with E-state index in [1.54, 1.807) is 6.33 Å². The summed E-state index contributed by atoms with van der Waals surface area (Å²) in [6, 6.07) is 0.594. The molecule has 0 saturated carbocycles. The van der Waals surface area contributed by atoms with Crippen molar-refractivity contribution in [2.24, 2.45) is 0 Å². The molecule has 0 spiro atoms. The molecule has 0 amide bonds. The highest BCUT2D eigenvalue weighted by molar-refractivity contribution is 4.84. The van der Waals surface area contributed by atoms with Crippen molar-refractivity contribution in [3.05, 3.63) is 12.2 Å². The van der Waals surface area contributed by atoms with Crippen LogP contribution in [0.25, 0.3) is 0 Å². The third-order valence-corrected chi connectivity index (χ3v) is 2.53. The van der Waals surface area contributed by atoms with E-state index in [4.69, 9.17) is 0 Å². The summed E-state index contributed by atoms with van der Waals surface area (Å²) in [6.45, 7) is 8.19. The van der Waals surface area contributed by atoms with Gasteiger partial charge in [0.05, 0.1) is 6.54 Å². The summed E-state index contributed by atoms with van der Waals surface area (Å²) < 4.78 is 1.93. The smallest absolute Gasteiger partial charge is 0.140 e. The molecular weight excluding hydrogens is 176 g/mol. The number of nitrogens with one attached hydrogen (secondary N) is 1. The molecule has 0 fully saturated rings. The van der Waals surface area contributed by atoms with Gasteiger partial charge in [-0.05, 0) is 19.8 Å². The lowest BCUT2D eigenvalue weighted by Crippen LogP contribution is -2.28. The van der Waals surface area contributed by atoms with Crippen LogP contribution >= 0.6 is 0 Å². The third-order valence-electron chi connectivity index (χ3n) is 2.53. The van der Waals surface area contributed by atoms with Gasteiger partial charge >= 0.3 is 0 Å². The van der Waals surface area contributed by atoms with Crippen molar-refractivity contribution >= 4 is 0 Å². The van der Waals surface area contributed by atoms with Crippen molar-refractivity contribution in [1.82, 2.24) is 20.1 Å². The Morgan fingerprint density at radius 2 is 2.07 bits per heavy atom. The molecule has 1 N–H and O–H groups in total. The van der Waals surface area contributed by atoms with E-state index < -0.39 is 0 Å². The summed E-state index contributed by atoms with van der Waals surface area (Å²) in [5.74, 6) is 1.03. The zero-order chi connectivity index (χ0) is 10.4. The highest BCUT2D eigenvalue weighted by Crippen LogP contribution is 1.99. The Hall–Kier alpha value is -0.900. The average molecular weight is 196 g/mol. The molecule has 0 saturated heterocycles. The van der Waals surface area contributed by atoms with Gasteiger partial charge < -0.3 is 5.32 Å². The Morgan fingerprint density at radius 1 is 1.36 bits per heavy atom. The fraction of sp³-hybridized carbons (Fsp3) is 0.800. The molecule has 0 atom stereocenters. The van der Waals surface area contributed by atoms with E-state index in [2.05, 4.69) is 36.2 Å². The van der Waals surface area contributed by atoms with Crippen molar-refractivity contribution in [1.29, 1.82) is 0 Å². The number of hydrogen-bond acceptors (Lipinski definition) is 3. The van der Waals surface area contributed by atoms with Crippen LogP contribution in [-0.2, 0) is 13.1 Å². The molecule has 0 radical (unpaired) electrons. The molecule has 1 heterocycles. The molecule has 14 heavy (non-hydrogen) atoms. The molecular formula is C10H20N4. The standard InChI is InChI=1S/C10H20N4/c1-4-9(5-2)11-7-10-12-8-13-14(10)6-3/h8-9,11H,4-7H2,1-3H3. The SMILES string of the molecule is CCC(CC)NCc1ncnn1CC. The number of rotatable bonds is 6. The first kappa shape index (κ1) is 11.2. The van der Waals surface area contributed by atoms with E-state index in [9.17, 15) is 0 Å². The van der Waals surface area contributed by atoms with Gasteiger partial charge in [-0.25, -0.2) is 9.67 Å². The molecule has 4 nitrogen and oxygen atoms in total. The lowest BCUT2D eigenvalue weighted by atomic mass is 10.2. The van der Waals surface area contributed by atoms with Crippen LogP contribution < -0.4 is 5.32 Å². The van der Waals surface area contributed by atoms with Gasteiger partial charge in [-0.15, -0.1) is 0 Å². The Kier molecular flexibility index (Phi) is 4.59. The number of aryl methyl sites for hydroxylation is 1. The van der Waals surface area contributed by atoms with Crippen LogP contribution in [0.2, 0.25) is 0 Å². The molecule has 0 aromatic carbocycles. The quantitative estimate of drug-likeness (QED) is 0.751. The van der Waals surface area contributed by atoms with Crippen LogP contribution in [-0.4, -0.2) is 20.8 Å². The number of hydrogen-bond donors (Lipinski definition) is 1. The second kappa shape index (κ2) is 5.75. The van der Waals surface area contributed by atoms with Crippen LogP contribution in [0.15, 0.2) is 6.33 Å². The van der Waals surface area contributed by atoms with Gasteiger partial charge in [0.15, 0.2) is 0 Å². The largest absolute Gasteiger partial charge is 0.307 e. The van der Waals surface area contributed by atoms with Crippen LogP contribution in [0.4, 0.5) is 0 Å². The minimum atomic E-state index is 0.594. The monoisotopic (exact) mass is 196 g/mol. The maximum atomic E-state index is 4.22. The van der Waals surface area contributed by atoms with E-state index in [1.807, 2.05) is 4.68 Å². The molecule has 0 unspecified atom stereocenters. The molecule has 1 aromatic heterocycles. The van der Waals surface area contributed by atoms with Gasteiger partial charge in [-0.2, -0.15) is 5.10 Å². The zero-order valence-electron chi connectivity index (χ0n) is 9.32. The first-order valence-corrected chi connectivity index (χ1v) is 5.41. The van der Waals surface area contributed by atoms with E-state index in [1.165, 1.54) is 0 Å². The maximum absolute atomic E-state index is 4.22. The van der Waals surface area contributed by atoms with Crippen LogP contribution in [0.3, 0.4) is 0 Å². The van der Waals surface area contributed by atoms with Gasteiger partial charge in [0.1, 0.15) is 12.2 Å². The molecule has 0 aliphatic rings. The lowest BCUT2D eigenvalue weighted by Gasteiger charge is -2.14. The van der Waals surface area contributed by atoms with Crippen molar-refractivity contribution in [3.8, 4) is 0 Å². The Labute approximate surface area is 85.7 Å². The Bertz CT molecular complexity index is 252. The third kappa shape index (κ3) is 2.80. The molecule has 4 heteroatoms. The Balaban J connectivity index is 2.44. The summed E-state index contributed by atoms with van der Waals surface area (Å²) in [6.07, 6.45) is 3.95. The van der Waals surface area contributed by atoms with Crippen LogP contribution in [0.1, 0.15) is 39.4 Å². The molecule has 1 rings (SSSR count). The first-order valence-electron chi connectivity index (χ1n) is 5.41. The average Bonchev–Trinajstić information content (AvgIpc) is 2.67. The first-order chi connectivity index (χ1) is 6.81. The molecule has 1 aromatic rings. The summed E-state index contributed by atoms with van der Waals surface area (Å²) >= 11 is 0. The molecule has 0 aliphatic carbocycles. The molecule has 0 aliphatic heterocycles. The van der Waals surface area contributed by atoms with E-state index in [-0.39, 0.29) is 0 Å². The van der Waals surface area contributed by atoms with Crippen molar-refractivity contribution in [3.63, 3.8) is 0 Å². The van der Waals surface area contributed by atoms with E-state index in [0.717, 1.165) is 31.8 Å². The second-order valence-electron chi connectivity index (χ2n) is 3.39. The summed E-state index contributed by atoms with van der Waals surface area (Å²) in [5.41, 5.74) is 0. The summed E-state index contributed by atoms with van der Waals surface area (Å²) in [4.78, 5) is 4.22. The number of nitrogens with zero attached hydrogens (tertiary/aromatic N) is 3. The maximum Gasteiger partial charge on any atom is 0.140 e. The fourth-order valence-electron chi connectivity index (χ4n) is 1.50. The molecule has 80 valence electrons. The van der Waals surface area contributed by atoms with E-state index >= 15 is 0 Å². The summed E-state index contributed by atoms with van der Waals surface area (Å²) in [7, 11) is 0. The normalized spacial score (nSPS) is 11.1. The van der Waals surface area contributed by atoms with Crippen molar-refractivity contribution < 1.29 is 0 Å². The van der Waals surface area contributed by atoms with Gasteiger partial charge in [0, 0.05) is 12.6 Å². The topological polar surface area (TPSA) is 42.7 Å². The Morgan fingerprint density at radius 3 is 2.64 bits per heavy atom. The zero-order valence-corrected chi connectivity index (χ0v) is 9.32. The minimum Gasteiger partial charge on any atom is -0.307 e.